The number of nitrogens with one attached hydrogen (secondary N) is 1. The van der Waals surface area contributed by atoms with E-state index >= 15 is 0 Å². The molecule has 0 saturated heterocycles. The fourth-order valence-corrected chi connectivity index (χ4v) is 1.71. The zero-order valence-corrected chi connectivity index (χ0v) is 8.86. The number of anilines is 2. The third-order valence-corrected chi connectivity index (χ3v) is 2.97. The Labute approximate surface area is 89.0 Å². The lowest BCUT2D eigenvalue weighted by atomic mass is 9.80. The predicted molar refractivity (Wildman–Crippen MR) is 58.5 cm³/mol. The Morgan fingerprint density at radius 2 is 2.27 bits per heavy atom. The summed E-state index contributed by atoms with van der Waals surface area (Å²) in [4.78, 5) is 0. The number of nitrogen functional groups attached to an aromatic ring is 1. The Bertz CT molecular complexity index is 315. The van der Waals surface area contributed by atoms with Gasteiger partial charge in [0.2, 0.25) is 0 Å². The van der Waals surface area contributed by atoms with Crippen LogP contribution in [0.3, 0.4) is 0 Å². The first-order valence-corrected chi connectivity index (χ1v) is 5.12. The van der Waals surface area contributed by atoms with Crippen molar-refractivity contribution in [3.05, 3.63) is 12.1 Å². The van der Waals surface area contributed by atoms with Crippen LogP contribution >= 0.6 is 0 Å². The molecule has 15 heavy (non-hydrogen) atoms. The Morgan fingerprint density at radius 1 is 1.47 bits per heavy atom. The number of hydrogen-bond acceptors (Lipinski definition) is 5. The summed E-state index contributed by atoms with van der Waals surface area (Å²) in [6.45, 7) is 0.780. The largest absolute Gasteiger partial charge is 0.382 e. The molecular formula is C10H16N4O. The van der Waals surface area contributed by atoms with E-state index in [0.29, 0.717) is 5.82 Å². The molecule has 0 aliphatic heterocycles. The highest BCUT2D eigenvalue weighted by Crippen LogP contribution is 2.34. The minimum atomic E-state index is 0.00304. The second kappa shape index (κ2) is 4.02. The maximum Gasteiger partial charge on any atom is 0.148 e. The number of ether oxygens (including phenoxy) is 1. The van der Waals surface area contributed by atoms with E-state index in [4.69, 9.17) is 10.5 Å². The van der Waals surface area contributed by atoms with Gasteiger partial charge in [-0.1, -0.05) is 0 Å². The summed E-state index contributed by atoms with van der Waals surface area (Å²) in [6, 6.07) is 3.56. The van der Waals surface area contributed by atoms with Crippen LogP contribution in [0.15, 0.2) is 12.1 Å². The molecule has 82 valence electrons. The van der Waals surface area contributed by atoms with Crippen molar-refractivity contribution < 1.29 is 4.74 Å². The van der Waals surface area contributed by atoms with Gasteiger partial charge < -0.3 is 15.8 Å². The van der Waals surface area contributed by atoms with Gasteiger partial charge in [0.1, 0.15) is 11.6 Å². The highest BCUT2D eigenvalue weighted by molar-refractivity contribution is 5.38. The molecule has 3 N–H and O–H groups in total. The standard InChI is InChI=1S/C10H16N4O/c1-15-10(5-2-6-10)7-12-9-4-3-8(11)13-14-9/h3-4H,2,5-7H2,1H3,(H2,11,13)(H,12,14). The zero-order chi connectivity index (χ0) is 10.7. The summed E-state index contributed by atoms with van der Waals surface area (Å²) in [5.41, 5.74) is 5.45. The molecule has 1 heterocycles. The first-order valence-electron chi connectivity index (χ1n) is 5.12. The lowest BCUT2D eigenvalue weighted by molar-refractivity contribution is -0.0601. The number of rotatable bonds is 4. The number of nitrogens with zero attached hydrogens (tertiary/aromatic N) is 2. The molecule has 2 rings (SSSR count). The average molecular weight is 208 g/mol. The van der Waals surface area contributed by atoms with Crippen molar-refractivity contribution in [1.82, 2.24) is 10.2 Å². The van der Waals surface area contributed by atoms with Crippen LogP contribution < -0.4 is 11.1 Å². The van der Waals surface area contributed by atoms with E-state index in [1.807, 2.05) is 6.07 Å². The van der Waals surface area contributed by atoms with Crippen molar-refractivity contribution >= 4 is 11.6 Å². The maximum absolute atomic E-state index is 5.48. The molecule has 0 aromatic carbocycles. The van der Waals surface area contributed by atoms with E-state index in [-0.39, 0.29) is 5.60 Å². The summed E-state index contributed by atoms with van der Waals surface area (Å²) >= 11 is 0. The third kappa shape index (κ3) is 2.18. The smallest absolute Gasteiger partial charge is 0.148 e. The monoisotopic (exact) mass is 208 g/mol. The molecule has 1 aliphatic carbocycles. The van der Waals surface area contributed by atoms with Gasteiger partial charge in [-0.2, -0.15) is 0 Å². The second-order valence-electron chi connectivity index (χ2n) is 3.94. The summed E-state index contributed by atoms with van der Waals surface area (Å²) in [6.07, 6.45) is 3.46. The Hall–Kier alpha value is -1.36. The zero-order valence-electron chi connectivity index (χ0n) is 8.86. The van der Waals surface area contributed by atoms with E-state index in [2.05, 4.69) is 15.5 Å². The number of nitrogens with two attached hydrogens (primary N) is 1. The summed E-state index contributed by atoms with van der Waals surface area (Å²) < 4.78 is 5.48. The van der Waals surface area contributed by atoms with Gasteiger partial charge in [-0.3, -0.25) is 0 Å². The van der Waals surface area contributed by atoms with Gasteiger partial charge in [-0.25, -0.2) is 0 Å². The van der Waals surface area contributed by atoms with E-state index in [9.17, 15) is 0 Å². The molecule has 0 atom stereocenters. The van der Waals surface area contributed by atoms with E-state index in [0.717, 1.165) is 25.2 Å². The van der Waals surface area contributed by atoms with Crippen molar-refractivity contribution in [2.24, 2.45) is 0 Å². The van der Waals surface area contributed by atoms with Gasteiger partial charge in [-0.05, 0) is 31.4 Å². The Kier molecular flexibility index (Phi) is 2.73. The summed E-state index contributed by atoms with van der Waals surface area (Å²) in [7, 11) is 1.76. The predicted octanol–water partition coefficient (Wildman–Crippen LogP) is 1.04. The molecule has 5 nitrogen and oxygen atoms in total. The van der Waals surface area contributed by atoms with Crippen molar-refractivity contribution in [3.8, 4) is 0 Å². The average Bonchev–Trinajstić information content (AvgIpc) is 2.20. The van der Waals surface area contributed by atoms with Gasteiger partial charge in [0, 0.05) is 13.7 Å². The molecule has 1 aromatic rings. The second-order valence-corrected chi connectivity index (χ2v) is 3.94. The van der Waals surface area contributed by atoms with Crippen molar-refractivity contribution in [3.63, 3.8) is 0 Å². The number of methoxy groups -OCH3 is 1. The molecule has 1 aromatic heterocycles. The molecule has 1 saturated carbocycles. The van der Waals surface area contributed by atoms with Crippen LogP contribution in [0.4, 0.5) is 11.6 Å². The molecule has 5 heteroatoms. The van der Waals surface area contributed by atoms with Crippen LogP contribution in [0.2, 0.25) is 0 Å². The van der Waals surface area contributed by atoms with Gasteiger partial charge in [0.15, 0.2) is 0 Å². The Morgan fingerprint density at radius 3 is 2.73 bits per heavy atom. The van der Waals surface area contributed by atoms with Crippen LogP contribution in [0.25, 0.3) is 0 Å². The number of hydrogen-bond donors (Lipinski definition) is 2. The van der Waals surface area contributed by atoms with Gasteiger partial charge in [-0.15, -0.1) is 10.2 Å². The first kappa shape index (κ1) is 10.2. The van der Waals surface area contributed by atoms with Crippen LogP contribution in [0.5, 0.6) is 0 Å². The lowest BCUT2D eigenvalue weighted by Gasteiger charge is -2.40. The molecule has 0 spiro atoms. The van der Waals surface area contributed by atoms with Crippen molar-refractivity contribution in [2.75, 3.05) is 24.7 Å². The van der Waals surface area contributed by atoms with Crippen LogP contribution in [0, 0.1) is 0 Å². The minimum Gasteiger partial charge on any atom is -0.382 e. The van der Waals surface area contributed by atoms with E-state index < -0.39 is 0 Å². The molecule has 0 bridgehead atoms. The molecular weight excluding hydrogens is 192 g/mol. The summed E-state index contributed by atoms with van der Waals surface area (Å²) in [5.74, 6) is 1.18. The van der Waals surface area contributed by atoms with Gasteiger partial charge in [0.05, 0.1) is 5.60 Å². The van der Waals surface area contributed by atoms with Crippen LogP contribution in [-0.2, 0) is 4.74 Å². The van der Waals surface area contributed by atoms with E-state index in [1.54, 1.807) is 13.2 Å². The molecule has 0 amide bonds. The minimum absolute atomic E-state index is 0.00304. The highest BCUT2D eigenvalue weighted by Gasteiger charge is 2.36. The molecule has 0 unspecified atom stereocenters. The fraction of sp³-hybridized carbons (Fsp3) is 0.600. The van der Waals surface area contributed by atoms with Crippen LogP contribution in [0.1, 0.15) is 19.3 Å². The molecule has 1 aliphatic rings. The number of aromatic nitrogens is 2. The van der Waals surface area contributed by atoms with Gasteiger partial charge >= 0.3 is 0 Å². The first-order chi connectivity index (χ1) is 7.24. The maximum atomic E-state index is 5.48. The van der Waals surface area contributed by atoms with Gasteiger partial charge in [0.25, 0.3) is 0 Å². The third-order valence-electron chi connectivity index (χ3n) is 2.97. The highest BCUT2D eigenvalue weighted by atomic mass is 16.5. The fourth-order valence-electron chi connectivity index (χ4n) is 1.71. The Balaban J connectivity index is 1.90. The quantitative estimate of drug-likeness (QED) is 0.773. The SMILES string of the molecule is COC1(CNc2ccc(N)nn2)CCC1. The topological polar surface area (TPSA) is 73.1 Å². The lowest BCUT2D eigenvalue weighted by Crippen LogP contribution is -2.45. The van der Waals surface area contributed by atoms with Crippen molar-refractivity contribution in [1.29, 1.82) is 0 Å². The summed E-state index contributed by atoms with van der Waals surface area (Å²) in [5, 5.41) is 10.9. The molecule has 0 radical (unpaired) electrons. The molecule has 1 fully saturated rings. The normalized spacial score (nSPS) is 18.2. The van der Waals surface area contributed by atoms with Crippen LogP contribution in [-0.4, -0.2) is 29.5 Å². The van der Waals surface area contributed by atoms with E-state index in [1.165, 1.54) is 6.42 Å². The van der Waals surface area contributed by atoms with Crippen molar-refractivity contribution in [2.45, 2.75) is 24.9 Å².